The van der Waals surface area contributed by atoms with Gasteiger partial charge in [0.05, 0.1) is 19.3 Å². The molecular formula is C13H22N2O4. The number of nitrogens with two attached hydrogens (primary N) is 1. The lowest BCUT2D eigenvalue weighted by Gasteiger charge is -2.46. The molecule has 6 heteroatoms. The van der Waals surface area contributed by atoms with Crippen LogP contribution < -0.4 is 5.73 Å². The first-order valence-electron chi connectivity index (χ1n) is 6.79. The molecule has 0 unspecified atom stereocenters. The first-order valence-corrected chi connectivity index (χ1v) is 6.79. The molecule has 0 bridgehead atoms. The van der Waals surface area contributed by atoms with Crippen LogP contribution in [0, 0.1) is 0 Å². The van der Waals surface area contributed by atoms with Crippen molar-refractivity contribution >= 4 is 11.9 Å². The number of hydrogen-bond donors (Lipinski definition) is 1. The standard InChI is InChI=1S/C13H22N2O4/c1-18-12(17)8-11(16)15-6-7-19-13(9-15)4-2-10(14)3-5-13/h10H,2-9,14H2,1H3. The Labute approximate surface area is 113 Å². The molecule has 0 atom stereocenters. The van der Waals surface area contributed by atoms with Crippen LogP contribution in [0.5, 0.6) is 0 Å². The summed E-state index contributed by atoms with van der Waals surface area (Å²) in [6.07, 6.45) is 3.44. The fourth-order valence-corrected chi connectivity index (χ4v) is 2.83. The zero-order valence-electron chi connectivity index (χ0n) is 11.4. The number of nitrogens with zero attached hydrogens (tertiary/aromatic N) is 1. The summed E-state index contributed by atoms with van der Waals surface area (Å²) in [6.45, 7) is 1.64. The molecule has 1 saturated carbocycles. The van der Waals surface area contributed by atoms with Crippen LogP contribution in [-0.2, 0) is 19.1 Å². The number of rotatable bonds is 2. The van der Waals surface area contributed by atoms with Gasteiger partial charge in [-0.25, -0.2) is 0 Å². The lowest BCUT2D eigenvalue weighted by atomic mass is 9.81. The molecule has 1 aliphatic carbocycles. The van der Waals surface area contributed by atoms with Crippen molar-refractivity contribution in [3.05, 3.63) is 0 Å². The van der Waals surface area contributed by atoms with Gasteiger partial charge >= 0.3 is 5.97 Å². The maximum Gasteiger partial charge on any atom is 0.315 e. The largest absolute Gasteiger partial charge is 0.469 e. The molecule has 2 aliphatic rings. The summed E-state index contributed by atoms with van der Waals surface area (Å²) >= 11 is 0. The Balaban J connectivity index is 1.93. The minimum absolute atomic E-state index is 0.176. The number of carbonyl (C=O) groups is 2. The quantitative estimate of drug-likeness (QED) is 0.566. The SMILES string of the molecule is COC(=O)CC(=O)N1CCOC2(CCC(N)CC2)C1. The van der Waals surface area contributed by atoms with Crippen molar-refractivity contribution in [3.63, 3.8) is 0 Å². The van der Waals surface area contributed by atoms with Gasteiger partial charge in [0.25, 0.3) is 0 Å². The summed E-state index contributed by atoms with van der Waals surface area (Å²) in [4.78, 5) is 24.9. The predicted octanol–water partition coefficient (Wildman–Crippen LogP) is 0.0484. The highest BCUT2D eigenvalue weighted by Crippen LogP contribution is 2.34. The third-order valence-electron chi connectivity index (χ3n) is 4.07. The van der Waals surface area contributed by atoms with Crippen LogP contribution >= 0.6 is 0 Å². The molecule has 1 aliphatic heterocycles. The molecular weight excluding hydrogens is 248 g/mol. The van der Waals surface area contributed by atoms with Crippen LogP contribution in [0.2, 0.25) is 0 Å². The summed E-state index contributed by atoms with van der Waals surface area (Å²) in [5.41, 5.74) is 5.66. The van der Waals surface area contributed by atoms with Crippen molar-refractivity contribution in [2.24, 2.45) is 5.73 Å². The van der Waals surface area contributed by atoms with E-state index in [-0.39, 0.29) is 24.0 Å². The summed E-state index contributed by atoms with van der Waals surface area (Å²) in [5.74, 6) is -0.666. The van der Waals surface area contributed by atoms with Crippen LogP contribution in [0.1, 0.15) is 32.1 Å². The van der Waals surface area contributed by atoms with Gasteiger partial charge in [-0.1, -0.05) is 0 Å². The topological polar surface area (TPSA) is 81.9 Å². The van der Waals surface area contributed by atoms with Crippen LogP contribution in [-0.4, -0.2) is 55.2 Å². The second-order valence-electron chi connectivity index (χ2n) is 5.44. The van der Waals surface area contributed by atoms with Crippen LogP contribution in [0.3, 0.4) is 0 Å². The second-order valence-corrected chi connectivity index (χ2v) is 5.44. The van der Waals surface area contributed by atoms with Gasteiger partial charge in [0.1, 0.15) is 6.42 Å². The summed E-state index contributed by atoms with van der Waals surface area (Å²) in [7, 11) is 1.29. The van der Waals surface area contributed by atoms with Gasteiger partial charge in [-0.2, -0.15) is 0 Å². The molecule has 0 aromatic rings. The Morgan fingerprint density at radius 1 is 1.42 bits per heavy atom. The number of morpholine rings is 1. The number of esters is 1. The minimum atomic E-state index is -0.490. The maximum atomic E-state index is 12.0. The van der Waals surface area contributed by atoms with E-state index in [0.717, 1.165) is 25.7 Å². The fraction of sp³-hybridized carbons (Fsp3) is 0.846. The molecule has 2 fully saturated rings. The predicted molar refractivity (Wildman–Crippen MR) is 68.3 cm³/mol. The van der Waals surface area contributed by atoms with Crippen LogP contribution in [0.4, 0.5) is 0 Å². The van der Waals surface area contributed by atoms with E-state index in [9.17, 15) is 9.59 Å². The first kappa shape index (κ1) is 14.3. The Morgan fingerprint density at radius 2 is 2.11 bits per heavy atom. The van der Waals surface area contributed by atoms with E-state index in [4.69, 9.17) is 10.5 Å². The van der Waals surface area contributed by atoms with E-state index >= 15 is 0 Å². The molecule has 1 spiro atoms. The lowest BCUT2D eigenvalue weighted by Crippen LogP contribution is -2.56. The van der Waals surface area contributed by atoms with Gasteiger partial charge < -0.3 is 20.1 Å². The highest BCUT2D eigenvalue weighted by molar-refractivity contribution is 5.94. The molecule has 1 saturated heterocycles. The Bertz CT molecular complexity index is 351. The van der Waals surface area contributed by atoms with Crippen LogP contribution in [0.25, 0.3) is 0 Å². The average Bonchev–Trinajstić information content (AvgIpc) is 2.42. The Kier molecular flexibility index (Phi) is 4.42. The summed E-state index contributed by atoms with van der Waals surface area (Å²) in [6, 6.07) is 0.246. The van der Waals surface area contributed by atoms with E-state index in [1.807, 2.05) is 0 Å². The van der Waals surface area contributed by atoms with Crippen molar-refractivity contribution in [2.75, 3.05) is 26.8 Å². The highest BCUT2D eigenvalue weighted by Gasteiger charge is 2.40. The molecule has 0 aromatic heterocycles. The molecule has 6 nitrogen and oxygen atoms in total. The van der Waals surface area contributed by atoms with Crippen molar-refractivity contribution in [1.82, 2.24) is 4.90 Å². The monoisotopic (exact) mass is 270 g/mol. The van der Waals surface area contributed by atoms with Gasteiger partial charge in [-0.15, -0.1) is 0 Å². The zero-order valence-corrected chi connectivity index (χ0v) is 11.4. The number of hydrogen-bond acceptors (Lipinski definition) is 5. The van der Waals surface area contributed by atoms with Crippen molar-refractivity contribution in [3.8, 4) is 0 Å². The van der Waals surface area contributed by atoms with Gasteiger partial charge in [-0.3, -0.25) is 9.59 Å². The normalized spacial score (nSPS) is 31.3. The number of methoxy groups -OCH3 is 1. The fourth-order valence-electron chi connectivity index (χ4n) is 2.83. The van der Waals surface area contributed by atoms with E-state index in [1.54, 1.807) is 4.90 Å². The van der Waals surface area contributed by atoms with Gasteiger partial charge in [-0.05, 0) is 25.7 Å². The van der Waals surface area contributed by atoms with Gasteiger partial charge in [0.15, 0.2) is 0 Å². The van der Waals surface area contributed by atoms with E-state index in [1.165, 1.54) is 7.11 Å². The molecule has 2 rings (SSSR count). The molecule has 108 valence electrons. The number of carbonyl (C=O) groups excluding carboxylic acids is 2. The third kappa shape index (κ3) is 3.45. The zero-order chi connectivity index (χ0) is 13.9. The summed E-state index contributed by atoms with van der Waals surface area (Å²) in [5, 5.41) is 0. The first-order chi connectivity index (χ1) is 9.04. The second kappa shape index (κ2) is 5.88. The third-order valence-corrected chi connectivity index (χ3v) is 4.07. The van der Waals surface area contributed by atoms with Crippen molar-refractivity contribution in [2.45, 2.75) is 43.7 Å². The number of ether oxygens (including phenoxy) is 2. The van der Waals surface area contributed by atoms with Gasteiger partial charge in [0.2, 0.25) is 5.91 Å². The van der Waals surface area contributed by atoms with E-state index in [2.05, 4.69) is 4.74 Å². The molecule has 0 radical (unpaired) electrons. The summed E-state index contributed by atoms with van der Waals surface area (Å²) < 4.78 is 10.4. The van der Waals surface area contributed by atoms with E-state index in [0.29, 0.717) is 19.7 Å². The molecule has 2 N–H and O–H groups in total. The number of amides is 1. The smallest absolute Gasteiger partial charge is 0.315 e. The van der Waals surface area contributed by atoms with Crippen molar-refractivity contribution < 1.29 is 19.1 Å². The molecule has 0 aromatic carbocycles. The lowest BCUT2D eigenvalue weighted by molar-refractivity contribution is -0.161. The minimum Gasteiger partial charge on any atom is -0.469 e. The molecule has 1 heterocycles. The maximum absolute atomic E-state index is 12.0. The molecule has 1 amide bonds. The van der Waals surface area contributed by atoms with Crippen LogP contribution in [0.15, 0.2) is 0 Å². The molecule has 19 heavy (non-hydrogen) atoms. The highest BCUT2D eigenvalue weighted by atomic mass is 16.5. The Morgan fingerprint density at radius 3 is 2.74 bits per heavy atom. The van der Waals surface area contributed by atoms with Gasteiger partial charge in [0, 0.05) is 19.1 Å². The van der Waals surface area contributed by atoms with Crippen molar-refractivity contribution in [1.29, 1.82) is 0 Å². The van der Waals surface area contributed by atoms with E-state index < -0.39 is 5.97 Å². The Hall–Kier alpha value is -1.14. The average molecular weight is 270 g/mol.